The van der Waals surface area contributed by atoms with Crippen molar-refractivity contribution in [2.45, 2.75) is 51.6 Å². The number of alkyl halides is 3. The van der Waals surface area contributed by atoms with Gasteiger partial charge in [-0.05, 0) is 25.3 Å². The van der Waals surface area contributed by atoms with Crippen LogP contribution in [0.15, 0.2) is 12.1 Å². The average Bonchev–Trinajstić information content (AvgIpc) is 2.98. The summed E-state index contributed by atoms with van der Waals surface area (Å²) in [5, 5.41) is 3.75. The summed E-state index contributed by atoms with van der Waals surface area (Å²) in [5.74, 6) is -0.396. The van der Waals surface area contributed by atoms with Crippen LogP contribution in [-0.2, 0) is 17.3 Å². The van der Waals surface area contributed by atoms with Gasteiger partial charge in [-0.1, -0.05) is 32.1 Å². The normalized spacial score (nSPS) is 16.3. The van der Waals surface area contributed by atoms with Gasteiger partial charge in [-0.3, -0.25) is 0 Å². The van der Waals surface area contributed by atoms with E-state index in [0.29, 0.717) is 22.5 Å². The van der Waals surface area contributed by atoms with E-state index in [9.17, 15) is 18.0 Å². The Labute approximate surface area is 143 Å². The average molecular weight is 355 g/mol. The quantitative estimate of drug-likeness (QED) is 0.777. The van der Waals surface area contributed by atoms with E-state index in [1.54, 1.807) is 6.92 Å². The van der Waals surface area contributed by atoms with Crippen LogP contribution in [0.4, 0.5) is 13.2 Å². The molecule has 136 valence electrons. The molecule has 5 nitrogen and oxygen atoms in total. The highest BCUT2D eigenvalue weighted by atomic mass is 19.4. The molecule has 0 aromatic carbocycles. The van der Waals surface area contributed by atoms with Crippen molar-refractivity contribution < 1.29 is 22.7 Å². The van der Waals surface area contributed by atoms with Gasteiger partial charge in [0, 0.05) is 11.8 Å². The zero-order valence-corrected chi connectivity index (χ0v) is 14.0. The first kappa shape index (κ1) is 17.7. The zero-order valence-electron chi connectivity index (χ0n) is 14.0. The summed E-state index contributed by atoms with van der Waals surface area (Å²) in [6, 6.07) is 2.29. The van der Waals surface area contributed by atoms with Crippen molar-refractivity contribution in [2.24, 2.45) is 5.92 Å². The largest absolute Gasteiger partial charge is 0.461 e. The molecule has 0 saturated heterocycles. The molecule has 1 aliphatic rings. The molecule has 0 unspecified atom stereocenters. The van der Waals surface area contributed by atoms with Crippen LogP contribution in [0.1, 0.15) is 60.9 Å². The number of carbonyl (C=O) groups is 1. The van der Waals surface area contributed by atoms with E-state index >= 15 is 0 Å². The van der Waals surface area contributed by atoms with Crippen LogP contribution >= 0.6 is 0 Å². The second-order valence-electron chi connectivity index (χ2n) is 6.36. The van der Waals surface area contributed by atoms with Crippen molar-refractivity contribution in [2.75, 3.05) is 6.61 Å². The molecule has 0 amide bonds. The molecule has 0 spiro atoms. The van der Waals surface area contributed by atoms with Gasteiger partial charge in [-0.25, -0.2) is 14.3 Å². The highest BCUT2D eigenvalue weighted by Crippen LogP contribution is 2.32. The fraction of sp³-hybridized carbons (Fsp3) is 0.588. The second kappa shape index (κ2) is 7.01. The Morgan fingerprint density at radius 1 is 1.28 bits per heavy atom. The third-order valence-electron chi connectivity index (χ3n) is 4.48. The van der Waals surface area contributed by atoms with Crippen LogP contribution < -0.4 is 0 Å². The SMILES string of the molecule is CCOC(=O)c1cc2nc(CC3CCCCC3)cc(C(F)(F)F)n2n1. The van der Waals surface area contributed by atoms with E-state index in [4.69, 9.17) is 4.74 Å². The summed E-state index contributed by atoms with van der Waals surface area (Å²) in [6.45, 7) is 1.74. The van der Waals surface area contributed by atoms with E-state index in [1.807, 2.05) is 0 Å². The molecule has 0 aliphatic heterocycles. The molecule has 2 heterocycles. The maximum Gasteiger partial charge on any atom is 0.433 e. The Balaban J connectivity index is 2.00. The van der Waals surface area contributed by atoms with E-state index < -0.39 is 17.8 Å². The van der Waals surface area contributed by atoms with E-state index in [0.717, 1.165) is 31.7 Å². The molecular formula is C17H20F3N3O2. The molecule has 0 bridgehead atoms. The Hall–Kier alpha value is -2.12. The standard InChI is InChI=1S/C17H20F3N3O2/c1-2-25-16(24)13-10-15-21-12(8-11-6-4-3-5-7-11)9-14(17(18,19)20)23(15)22-13/h9-11H,2-8H2,1H3. The monoisotopic (exact) mass is 355 g/mol. The highest BCUT2D eigenvalue weighted by Gasteiger charge is 2.35. The third-order valence-corrected chi connectivity index (χ3v) is 4.48. The Bertz CT molecular complexity index is 764. The number of fused-ring (bicyclic) bond motifs is 1. The van der Waals surface area contributed by atoms with Crippen molar-refractivity contribution in [3.63, 3.8) is 0 Å². The zero-order chi connectivity index (χ0) is 18.0. The fourth-order valence-electron chi connectivity index (χ4n) is 3.32. The lowest BCUT2D eigenvalue weighted by Crippen LogP contribution is -2.17. The molecule has 0 radical (unpaired) electrons. The predicted octanol–water partition coefficient (Wildman–Crippen LogP) is 4.05. The molecule has 1 fully saturated rings. The number of nitrogens with zero attached hydrogens (tertiary/aromatic N) is 3. The number of hydrogen-bond acceptors (Lipinski definition) is 4. The minimum absolute atomic E-state index is 0.0173. The first-order valence-corrected chi connectivity index (χ1v) is 8.52. The topological polar surface area (TPSA) is 56.5 Å². The molecule has 25 heavy (non-hydrogen) atoms. The van der Waals surface area contributed by atoms with Crippen molar-refractivity contribution in [1.82, 2.24) is 14.6 Å². The number of halogens is 3. The minimum atomic E-state index is -4.58. The lowest BCUT2D eigenvalue weighted by molar-refractivity contribution is -0.142. The maximum atomic E-state index is 13.4. The van der Waals surface area contributed by atoms with Gasteiger partial charge in [0.05, 0.1) is 6.61 Å². The number of carbonyl (C=O) groups excluding carboxylic acids is 1. The van der Waals surface area contributed by atoms with Crippen molar-refractivity contribution in [1.29, 1.82) is 0 Å². The molecule has 1 aliphatic carbocycles. The molecule has 2 aromatic rings. The summed E-state index contributed by atoms with van der Waals surface area (Å²) in [4.78, 5) is 16.1. The number of aromatic nitrogens is 3. The summed E-state index contributed by atoms with van der Waals surface area (Å²) in [5.41, 5.74) is -0.681. The van der Waals surface area contributed by atoms with Crippen molar-refractivity contribution >= 4 is 11.6 Å². The number of esters is 1. The van der Waals surface area contributed by atoms with Gasteiger partial charge in [0.25, 0.3) is 0 Å². The first-order chi connectivity index (χ1) is 11.9. The molecular weight excluding hydrogens is 335 g/mol. The smallest absolute Gasteiger partial charge is 0.433 e. The van der Waals surface area contributed by atoms with Gasteiger partial charge in [0.15, 0.2) is 11.3 Å². The van der Waals surface area contributed by atoms with Crippen LogP contribution in [0.5, 0.6) is 0 Å². The summed E-state index contributed by atoms with van der Waals surface area (Å²) < 4.78 is 45.8. The minimum Gasteiger partial charge on any atom is -0.461 e. The van der Waals surface area contributed by atoms with Gasteiger partial charge in [-0.2, -0.15) is 18.3 Å². The van der Waals surface area contributed by atoms with E-state index in [1.165, 1.54) is 12.5 Å². The fourth-order valence-corrected chi connectivity index (χ4v) is 3.32. The van der Waals surface area contributed by atoms with E-state index in [-0.39, 0.29) is 17.9 Å². The Morgan fingerprint density at radius 2 is 2.00 bits per heavy atom. The Morgan fingerprint density at radius 3 is 2.64 bits per heavy atom. The van der Waals surface area contributed by atoms with Crippen molar-refractivity contribution in [3.8, 4) is 0 Å². The summed E-state index contributed by atoms with van der Waals surface area (Å²) in [6.07, 6.45) is 1.36. The number of hydrogen-bond donors (Lipinski definition) is 0. The van der Waals surface area contributed by atoms with Gasteiger partial charge in [0.1, 0.15) is 5.69 Å². The van der Waals surface area contributed by atoms with Crippen LogP contribution in [0.3, 0.4) is 0 Å². The molecule has 2 aromatic heterocycles. The Kier molecular flexibility index (Phi) is 4.96. The maximum absolute atomic E-state index is 13.4. The summed E-state index contributed by atoms with van der Waals surface area (Å²) in [7, 11) is 0. The predicted molar refractivity (Wildman–Crippen MR) is 84.2 cm³/mol. The molecule has 3 rings (SSSR count). The number of rotatable bonds is 4. The first-order valence-electron chi connectivity index (χ1n) is 8.52. The van der Waals surface area contributed by atoms with Crippen LogP contribution in [-0.4, -0.2) is 27.2 Å². The lowest BCUT2D eigenvalue weighted by atomic mass is 9.86. The number of ether oxygens (including phenoxy) is 1. The van der Waals surface area contributed by atoms with E-state index in [2.05, 4.69) is 10.1 Å². The highest BCUT2D eigenvalue weighted by molar-refractivity contribution is 5.88. The van der Waals surface area contributed by atoms with Gasteiger partial charge < -0.3 is 4.74 Å². The van der Waals surface area contributed by atoms with Crippen LogP contribution in [0.2, 0.25) is 0 Å². The molecule has 0 atom stereocenters. The lowest BCUT2D eigenvalue weighted by Gasteiger charge is -2.21. The summed E-state index contributed by atoms with van der Waals surface area (Å²) >= 11 is 0. The van der Waals surface area contributed by atoms with Crippen LogP contribution in [0, 0.1) is 5.92 Å². The van der Waals surface area contributed by atoms with Gasteiger partial charge >= 0.3 is 12.1 Å². The second-order valence-corrected chi connectivity index (χ2v) is 6.36. The molecule has 8 heteroatoms. The van der Waals surface area contributed by atoms with Gasteiger partial charge in [0.2, 0.25) is 0 Å². The third kappa shape index (κ3) is 3.93. The van der Waals surface area contributed by atoms with Crippen LogP contribution in [0.25, 0.3) is 5.65 Å². The van der Waals surface area contributed by atoms with Gasteiger partial charge in [-0.15, -0.1) is 0 Å². The molecule has 1 saturated carbocycles. The van der Waals surface area contributed by atoms with Crippen molar-refractivity contribution in [3.05, 3.63) is 29.2 Å². The molecule has 0 N–H and O–H groups in total.